The van der Waals surface area contributed by atoms with Gasteiger partial charge in [-0.25, -0.2) is 19.4 Å². The van der Waals surface area contributed by atoms with Gasteiger partial charge in [0, 0.05) is 19.9 Å². The van der Waals surface area contributed by atoms with Gasteiger partial charge in [0.15, 0.2) is 23.9 Å². The molecule has 4 heterocycles. The number of ether oxygens (including phenoxy) is 1. The lowest BCUT2D eigenvalue weighted by Crippen LogP contribution is -2.59. The Bertz CT molecular complexity index is 1390. The minimum atomic E-state index is -3.69. The van der Waals surface area contributed by atoms with E-state index in [9.17, 15) is 14.0 Å². The molecule has 2 aliphatic heterocycles. The summed E-state index contributed by atoms with van der Waals surface area (Å²) in [6, 6.07) is 0.319. The third-order valence-electron chi connectivity index (χ3n) is 5.71. The lowest BCUT2D eigenvalue weighted by Gasteiger charge is -2.25. The molecule has 0 aliphatic carbocycles. The molecular weight excluding hydrogens is 641 g/mol. The first kappa shape index (κ1) is 32.9. The molecule has 0 radical (unpaired) electrons. The molecule has 2 amide bonds. The van der Waals surface area contributed by atoms with E-state index in [1.807, 2.05) is 0 Å². The van der Waals surface area contributed by atoms with Gasteiger partial charge in [0.25, 0.3) is 6.71 Å². The van der Waals surface area contributed by atoms with Gasteiger partial charge in [-0.15, -0.1) is 5.48 Å². The Balaban J connectivity index is 1.58. The van der Waals surface area contributed by atoms with Gasteiger partial charge in [-0.05, 0) is 6.07 Å². The number of pyridine rings is 1. The average Bonchev–Trinajstić information content (AvgIpc) is 3.51. The number of thiol groups is 2. The second-order valence-corrected chi connectivity index (χ2v) is 13.8. The van der Waals surface area contributed by atoms with Crippen molar-refractivity contribution in [3.05, 3.63) is 23.7 Å². The van der Waals surface area contributed by atoms with Crippen LogP contribution in [0.5, 0.6) is 0 Å². The topological polar surface area (TPSA) is 247 Å². The predicted octanol–water partition coefficient (Wildman–Crippen LogP) is 0.0301. The van der Waals surface area contributed by atoms with Crippen LogP contribution in [0, 0.1) is 0 Å². The summed E-state index contributed by atoms with van der Waals surface area (Å²) in [5, 5.41) is 2.27. The number of aromatic nitrogens is 3. The molecule has 2 aromatic heterocycles. The van der Waals surface area contributed by atoms with Crippen LogP contribution in [0.15, 0.2) is 22.2 Å². The first-order valence-electron chi connectivity index (χ1n) is 12.0. The molecule has 0 saturated carbocycles. The van der Waals surface area contributed by atoms with Crippen molar-refractivity contribution in [2.45, 2.75) is 37.6 Å². The summed E-state index contributed by atoms with van der Waals surface area (Å²) in [6.45, 7) is -3.83. The number of guanidine groups is 1. The number of nitrogens with zero attached hydrogens (tertiary/aromatic N) is 5. The molecule has 5 unspecified atom stereocenters. The summed E-state index contributed by atoms with van der Waals surface area (Å²) >= 11 is 8.64. The Morgan fingerprint density at radius 3 is 2.93 bits per heavy atom. The summed E-state index contributed by atoms with van der Waals surface area (Å²) in [5.74, 6) is -1.16. The summed E-state index contributed by atoms with van der Waals surface area (Å²) in [4.78, 5) is 45.4. The number of rotatable bonds is 14. The Labute approximate surface area is 249 Å². The molecule has 4 rings (SSSR count). The molecule has 6 atom stereocenters. The van der Waals surface area contributed by atoms with Crippen LogP contribution in [0.2, 0.25) is 0 Å². The lowest BCUT2D eigenvalue weighted by atomic mass is 10.2. The minimum absolute atomic E-state index is 0.0772. The zero-order chi connectivity index (χ0) is 30.4. The van der Waals surface area contributed by atoms with Crippen LogP contribution >= 0.6 is 38.8 Å². The molecule has 18 nitrogen and oxygen atoms in total. The highest BCUT2D eigenvalue weighted by atomic mass is 32.7. The van der Waals surface area contributed by atoms with Crippen LogP contribution in [0.3, 0.4) is 0 Å². The maximum absolute atomic E-state index is 14.4. The van der Waals surface area contributed by atoms with E-state index in [2.05, 4.69) is 55.2 Å². The summed E-state index contributed by atoms with van der Waals surface area (Å²) in [6.07, 6.45) is -2.32. The highest BCUT2D eigenvalue weighted by molar-refractivity contribution is 8.45. The Hall–Kier alpha value is -2.00. The van der Waals surface area contributed by atoms with Gasteiger partial charge in [0.05, 0.1) is 25.4 Å². The monoisotopic (exact) mass is 670 g/mol. The van der Waals surface area contributed by atoms with Crippen LogP contribution < -0.4 is 28.0 Å². The number of fused-ring (bicyclic) bond motifs is 1. The number of aliphatic imine (C=N–C) groups is 1. The van der Waals surface area contributed by atoms with E-state index in [-0.39, 0.29) is 44.5 Å². The van der Waals surface area contributed by atoms with E-state index >= 15 is 0 Å². The lowest BCUT2D eigenvalue weighted by molar-refractivity contribution is -0.123. The molecular formula is C19H29FN10O8P2S2. The van der Waals surface area contributed by atoms with Gasteiger partial charge in [0.1, 0.15) is 30.1 Å². The summed E-state index contributed by atoms with van der Waals surface area (Å²) in [7, 11) is 0.0587. The first-order chi connectivity index (χ1) is 20.0. The highest BCUT2D eigenvalue weighted by Gasteiger charge is 2.36. The highest BCUT2D eigenvalue weighted by Crippen LogP contribution is 2.59. The minimum Gasteiger partial charge on any atom is -0.375 e. The molecule has 2 aromatic rings. The van der Waals surface area contributed by atoms with Crippen LogP contribution in [0.25, 0.3) is 11.2 Å². The maximum Gasteiger partial charge on any atom is 0.300 e. The molecule has 232 valence electrons. The number of nitrogens with two attached hydrogens (primary N) is 3. The van der Waals surface area contributed by atoms with Crippen molar-refractivity contribution in [1.82, 2.24) is 25.3 Å². The zero-order valence-electron chi connectivity index (χ0n) is 21.9. The van der Waals surface area contributed by atoms with Gasteiger partial charge >= 0.3 is 0 Å². The fourth-order valence-electron chi connectivity index (χ4n) is 3.64. The number of hydroxylamine groups is 1. The Kier molecular flexibility index (Phi) is 11.5. The number of carbonyl (C=O) groups excluding carboxylic acids is 2. The number of hydrogen-bond acceptors (Lipinski definition) is 16. The normalized spacial score (nSPS) is 24.7. The van der Waals surface area contributed by atoms with E-state index in [4.69, 9.17) is 45.0 Å². The average molecular weight is 671 g/mol. The number of nitrogens with one attached hydrogen (secondary N) is 2. The molecule has 0 aromatic carbocycles. The van der Waals surface area contributed by atoms with Gasteiger partial charge in [-0.3, -0.25) is 14.9 Å². The maximum atomic E-state index is 14.4. The number of primary amides is 1. The van der Waals surface area contributed by atoms with E-state index in [0.717, 1.165) is 0 Å². The smallest absolute Gasteiger partial charge is 0.300 e. The molecule has 8 N–H and O–H groups in total. The van der Waals surface area contributed by atoms with Crippen molar-refractivity contribution < 1.29 is 41.7 Å². The molecule has 2 aliphatic rings. The van der Waals surface area contributed by atoms with E-state index in [1.165, 1.54) is 19.4 Å². The summed E-state index contributed by atoms with van der Waals surface area (Å²) < 4.78 is 43.4. The number of hydrogen-bond donors (Lipinski definition) is 7. The third kappa shape index (κ3) is 8.34. The van der Waals surface area contributed by atoms with Crippen LogP contribution in [-0.4, -0.2) is 83.7 Å². The molecule has 23 heteroatoms. The fraction of sp³-hybridized carbons (Fsp3) is 0.526. The zero-order valence-corrected chi connectivity index (χ0v) is 25.5. The summed E-state index contributed by atoms with van der Waals surface area (Å²) in [5.41, 5.74) is 20.0. The van der Waals surface area contributed by atoms with Crippen LogP contribution in [-0.2, 0) is 45.7 Å². The quantitative estimate of drug-likeness (QED) is 0.0798. The number of alkyl halides is 1. The molecule has 1 fully saturated rings. The Morgan fingerprint density at radius 1 is 1.45 bits per heavy atom. The third-order valence-corrected chi connectivity index (χ3v) is 9.41. The van der Waals surface area contributed by atoms with Gasteiger partial charge in [0.2, 0.25) is 19.4 Å². The fourth-order valence-corrected chi connectivity index (χ4v) is 6.00. The van der Waals surface area contributed by atoms with E-state index in [1.54, 1.807) is 4.57 Å². The second-order valence-electron chi connectivity index (χ2n) is 8.59. The van der Waals surface area contributed by atoms with Crippen LogP contribution in [0.1, 0.15) is 16.2 Å². The van der Waals surface area contributed by atoms with E-state index in [0.29, 0.717) is 17.0 Å². The Morgan fingerprint density at radius 2 is 2.24 bits per heavy atom. The molecule has 0 bridgehead atoms. The number of carbonyl (C=O) groups is 2. The van der Waals surface area contributed by atoms with Crippen molar-refractivity contribution >= 4 is 67.7 Å². The predicted molar refractivity (Wildman–Crippen MR) is 154 cm³/mol. The SMILES string of the molecule is COP(S)OCCn1c(COP(S)(=NONC2N=C(N)NC(=O)C2N)O[C@H]2COCC2F)nc2cc(C(N)=O)cnc21. The number of imidazole rings is 1. The number of amides is 2. The van der Waals surface area contributed by atoms with Gasteiger partial charge in [-0.2, -0.15) is 4.94 Å². The molecule has 42 heavy (non-hydrogen) atoms. The van der Waals surface area contributed by atoms with Crippen molar-refractivity contribution in [2.24, 2.45) is 27.1 Å². The van der Waals surface area contributed by atoms with Crippen molar-refractivity contribution in [3.8, 4) is 0 Å². The molecule has 1 saturated heterocycles. The van der Waals surface area contributed by atoms with Gasteiger partial charge in [-0.1, -0.05) is 29.4 Å². The first-order valence-corrected chi connectivity index (χ1v) is 17.1. The second kappa shape index (κ2) is 14.7. The van der Waals surface area contributed by atoms with Crippen molar-refractivity contribution in [3.63, 3.8) is 0 Å². The largest absolute Gasteiger partial charge is 0.375 e. The van der Waals surface area contributed by atoms with Gasteiger partial charge < -0.3 is 44.6 Å². The van der Waals surface area contributed by atoms with E-state index < -0.39 is 50.6 Å². The number of halogens is 1. The van der Waals surface area contributed by atoms with Crippen LogP contribution in [0.4, 0.5) is 4.39 Å². The van der Waals surface area contributed by atoms with Crippen molar-refractivity contribution in [1.29, 1.82) is 0 Å². The standard InChI is InChI=1S/C19H29FN10O8P2S2/c1-33-39(41)35-3-2-30-13(25-11-4-9(15(22)31)5-24-17(11)30)8-36-40(42,37-12-7-34-6-10(12)20)29-38-28-16-14(21)18(32)27-19(23)26-16/h4-5,10,12,14,16,28,41-42H,2-3,6-8,21H2,1H3,(H2,22,31)(H3,23,26,27,32)/t10?,12-,14?,16?,39?,40?/m0/s1. The molecule has 0 spiro atoms. The van der Waals surface area contributed by atoms with Crippen molar-refractivity contribution in [2.75, 3.05) is 26.9 Å².